The number of rotatable bonds is 7. The van der Waals surface area contributed by atoms with Gasteiger partial charge in [0.2, 0.25) is 0 Å². The molecular weight excluding hydrogens is 360 g/mol. The number of carbonyl (C=O) groups excluding carboxylic acids is 1. The third-order valence-electron chi connectivity index (χ3n) is 3.76. The van der Waals surface area contributed by atoms with Crippen molar-refractivity contribution in [1.82, 2.24) is 10.4 Å². The Kier molecular flexibility index (Phi) is 6.17. The van der Waals surface area contributed by atoms with Gasteiger partial charge in [-0.1, -0.05) is 53.8 Å². The number of benzene rings is 2. The Morgan fingerprint density at radius 3 is 2.81 bits per heavy atom. The second kappa shape index (κ2) is 8.95. The number of nitrogens with zero attached hydrogens (tertiary/aromatic N) is 2. The van der Waals surface area contributed by atoms with Crippen molar-refractivity contribution < 1.29 is 9.53 Å². The molecule has 3 aromatic rings. The van der Waals surface area contributed by atoms with Crippen molar-refractivity contribution >= 4 is 28.6 Å². The van der Waals surface area contributed by atoms with Crippen LogP contribution in [0.1, 0.15) is 26.5 Å². The number of aryl methyl sites for hydroxylation is 1. The number of anilines is 1. The Morgan fingerprint density at radius 2 is 2.07 bits per heavy atom. The van der Waals surface area contributed by atoms with Gasteiger partial charge in [-0.05, 0) is 30.2 Å². The van der Waals surface area contributed by atoms with Gasteiger partial charge >= 0.3 is 0 Å². The normalized spacial score (nSPS) is 10.9. The van der Waals surface area contributed by atoms with Crippen LogP contribution < -0.4 is 15.9 Å². The third kappa shape index (κ3) is 5.39. The van der Waals surface area contributed by atoms with Gasteiger partial charge < -0.3 is 10.5 Å². The van der Waals surface area contributed by atoms with E-state index in [1.54, 1.807) is 13.1 Å². The molecule has 3 N–H and O–H groups in total. The molecule has 0 aliphatic rings. The fraction of sp³-hybridized carbons (Fsp3) is 0.150. The molecule has 138 valence electrons. The van der Waals surface area contributed by atoms with Crippen LogP contribution in [0.25, 0.3) is 0 Å². The second-order valence-corrected chi connectivity index (χ2v) is 6.85. The van der Waals surface area contributed by atoms with Crippen LogP contribution in [0.2, 0.25) is 0 Å². The molecule has 0 saturated carbocycles. The minimum atomic E-state index is -0.326. The number of hydrogen-bond acceptors (Lipinski definition) is 6. The Bertz CT molecular complexity index is 938. The second-order valence-electron chi connectivity index (χ2n) is 5.82. The van der Waals surface area contributed by atoms with Crippen molar-refractivity contribution in [3.05, 3.63) is 76.3 Å². The summed E-state index contributed by atoms with van der Waals surface area (Å²) >= 11 is 1.14. The zero-order valence-electron chi connectivity index (χ0n) is 14.9. The number of thiazole rings is 1. The highest BCUT2D eigenvalue weighted by atomic mass is 32.1. The van der Waals surface area contributed by atoms with Crippen molar-refractivity contribution in [2.24, 2.45) is 5.10 Å². The summed E-state index contributed by atoms with van der Waals surface area (Å²) in [5.74, 6) is 0.431. The van der Waals surface area contributed by atoms with E-state index in [2.05, 4.69) is 27.6 Å². The molecule has 0 radical (unpaired) electrons. The Balaban J connectivity index is 1.53. The van der Waals surface area contributed by atoms with E-state index >= 15 is 0 Å². The number of nitrogens with two attached hydrogens (primary N) is 1. The van der Waals surface area contributed by atoms with Gasteiger partial charge in [0.15, 0.2) is 5.13 Å². The molecule has 1 heterocycles. The Morgan fingerprint density at radius 1 is 1.26 bits per heavy atom. The number of hydrogen-bond donors (Lipinski definition) is 2. The Labute approximate surface area is 161 Å². The first-order chi connectivity index (χ1) is 13.1. The first-order valence-corrected chi connectivity index (χ1v) is 9.26. The highest BCUT2D eigenvalue weighted by Gasteiger charge is 2.13. The minimum Gasteiger partial charge on any atom is -0.493 e. The van der Waals surface area contributed by atoms with Gasteiger partial charge in [-0.2, -0.15) is 5.10 Å². The number of amides is 1. The molecule has 0 fully saturated rings. The zero-order valence-corrected chi connectivity index (χ0v) is 15.7. The van der Waals surface area contributed by atoms with E-state index in [9.17, 15) is 4.79 Å². The molecule has 0 saturated heterocycles. The molecule has 1 amide bonds. The summed E-state index contributed by atoms with van der Waals surface area (Å²) in [6.45, 7) is 2.33. The van der Waals surface area contributed by atoms with Gasteiger partial charge in [-0.3, -0.25) is 4.79 Å². The maximum Gasteiger partial charge on any atom is 0.283 e. The van der Waals surface area contributed by atoms with E-state index in [-0.39, 0.29) is 5.91 Å². The fourth-order valence-electron chi connectivity index (χ4n) is 2.46. The maximum atomic E-state index is 12.1. The van der Waals surface area contributed by atoms with Crippen LogP contribution in [0.4, 0.5) is 5.13 Å². The standard InChI is InChI=1S/C20H20N4O2S/c1-14-18(27-20(21)23-14)19(25)24-22-13-16-8-5-9-17(12-16)26-11-10-15-6-3-2-4-7-15/h2-9,12-13H,10-11H2,1H3,(H2,21,23)(H,24,25)/b22-13+. The van der Waals surface area contributed by atoms with Gasteiger partial charge in [-0.15, -0.1) is 0 Å². The largest absolute Gasteiger partial charge is 0.493 e. The van der Waals surface area contributed by atoms with Crippen LogP contribution in [0.5, 0.6) is 5.75 Å². The van der Waals surface area contributed by atoms with Crippen molar-refractivity contribution in [2.75, 3.05) is 12.3 Å². The molecule has 0 unspecified atom stereocenters. The molecule has 1 aromatic heterocycles. The molecule has 6 nitrogen and oxygen atoms in total. The monoisotopic (exact) mass is 380 g/mol. The molecule has 0 aliphatic carbocycles. The van der Waals surface area contributed by atoms with Crippen molar-refractivity contribution in [3.8, 4) is 5.75 Å². The van der Waals surface area contributed by atoms with Crippen LogP contribution >= 0.6 is 11.3 Å². The molecule has 7 heteroatoms. The lowest BCUT2D eigenvalue weighted by Crippen LogP contribution is -2.17. The van der Waals surface area contributed by atoms with E-state index in [0.717, 1.165) is 29.1 Å². The van der Waals surface area contributed by atoms with Crippen LogP contribution in [-0.4, -0.2) is 23.7 Å². The van der Waals surface area contributed by atoms with Gasteiger partial charge in [0, 0.05) is 6.42 Å². The van der Waals surface area contributed by atoms with Crippen LogP contribution in [0, 0.1) is 6.92 Å². The number of carbonyl (C=O) groups is 1. The highest BCUT2D eigenvalue weighted by Crippen LogP contribution is 2.19. The molecule has 3 rings (SSSR count). The van der Waals surface area contributed by atoms with Crippen LogP contribution in [0.15, 0.2) is 59.7 Å². The first kappa shape index (κ1) is 18.6. The lowest BCUT2D eigenvalue weighted by molar-refractivity contribution is 0.0958. The molecule has 2 aromatic carbocycles. The summed E-state index contributed by atoms with van der Waals surface area (Å²) in [6.07, 6.45) is 2.41. The molecular formula is C20H20N4O2S. The average Bonchev–Trinajstić information content (AvgIpc) is 3.01. The molecule has 0 aliphatic heterocycles. The van der Waals surface area contributed by atoms with Crippen molar-refractivity contribution in [2.45, 2.75) is 13.3 Å². The maximum absolute atomic E-state index is 12.1. The molecule has 0 spiro atoms. The van der Waals surface area contributed by atoms with Crippen LogP contribution in [-0.2, 0) is 6.42 Å². The van der Waals surface area contributed by atoms with Gasteiger partial charge in [0.1, 0.15) is 10.6 Å². The number of aromatic nitrogens is 1. The summed E-state index contributed by atoms with van der Waals surface area (Å²) in [4.78, 5) is 16.6. The first-order valence-electron chi connectivity index (χ1n) is 8.45. The van der Waals surface area contributed by atoms with Crippen molar-refractivity contribution in [3.63, 3.8) is 0 Å². The Hall–Kier alpha value is -3.19. The summed E-state index contributed by atoms with van der Waals surface area (Å²) in [5.41, 5.74) is 10.8. The molecule has 27 heavy (non-hydrogen) atoms. The summed E-state index contributed by atoms with van der Waals surface area (Å²) in [7, 11) is 0. The highest BCUT2D eigenvalue weighted by molar-refractivity contribution is 7.17. The SMILES string of the molecule is Cc1nc(N)sc1C(=O)N/N=C/c1cccc(OCCc2ccccc2)c1. The lowest BCUT2D eigenvalue weighted by Gasteiger charge is -2.07. The average molecular weight is 380 g/mol. The van der Waals surface area contributed by atoms with E-state index in [1.807, 2.05) is 42.5 Å². The predicted octanol–water partition coefficient (Wildman–Crippen LogP) is 3.42. The van der Waals surface area contributed by atoms with Crippen molar-refractivity contribution in [1.29, 1.82) is 0 Å². The number of hydrazone groups is 1. The van der Waals surface area contributed by atoms with E-state index in [4.69, 9.17) is 10.5 Å². The zero-order chi connectivity index (χ0) is 19.1. The lowest BCUT2D eigenvalue weighted by atomic mass is 10.2. The fourth-order valence-corrected chi connectivity index (χ4v) is 3.18. The third-order valence-corrected chi connectivity index (χ3v) is 4.74. The van der Waals surface area contributed by atoms with Gasteiger partial charge in [0.25, 0.3) is 5.91 Å². The quantitative estimate of drug-likeness (QED) is 0.485. The smallest absolute Gasteiger partial charge is 0.283 e. The minimum absolute atomic E-state index is 0.326. The molecule has 0 atom stereocenters. The number of nitrogen functional groups attached to an aromatic ring is 1. The molecule has 0 bridgehead atoms. The van der Waals surface area contributed by atoms with E-state index < -0.39 is 0 Å². The number of ether oxygens (including phenoxy) is 1. The summed E-state index contributed by atoms with van der Waals surface area (Å²) in [6, 6.07) is 17.7. The van der Waals surface area contributed by atoms with E-state index in [1.165, 1.54) is 5.56 Å². The summed E-state index contributed by atoms with van der Waals surface area (Å²) in [5, 5.41) is 4.36. The van der Waals surface area contributed by atoms with Crippen LogP contribution in [0.3, 0.4) is 0 Å². The topological polar surface area (TPSA) is 89.6 Å². The van der Waals surface area contributed by atoms with Gasteiger partial charge in [-0.25, -0.2) is 10.4 Å². The number of nitrogens with one attached hydrogen (secondary N) is 1. The van der Waals surface area contributed by atoms with Gasteiger partial charge in [0.05, 0.1) is 18.5 Å². The predicted molar refractivity (Wildman–Crippen MR) is 108 cm³/mol. The van der Waals surface area contributed by atoms with E-state index in [0.29, 0.717) is 22.3 Å². The summed E-state index contributed by atoms with van der Waals surface area (Å²) < 4.78 is 5.80.